The van der Waals surface area contributed by atoms with Crippen LogP contribution in [0, 0.1) is 0 Å². The molecule has 38 heavy (non-hydrogen) atoms. The van der Waals surface area contributed by atoms with E-state index in [2.05, 4.69) is 41.0 Å². The largest absolute Gasteiger partial charge is 0.345 e. The smallest absolute Gasteiger partial charge is 0.251 e. The predicted octanol–water partition coefficient (Wildman–Crippen LogP) is 6.42. The number of unbranched alkanes of at least 4 members (excludes halogenated alkanes) is 1. The van der Waals surface area contributed by atoms with E-state index in [4.69, 9.17) is 0 Å². The van der Waals surface area contributed by atoms with Gasteiger partial charge in [-0.15, -0.1) is 11.8 Å². The van der Waals surface area contributed by atoms with Crippen molar-refractivity contribution in [2.45, 2.75) is 42.9 Å². The Morgan fingerprint density at radius 3 is 2.18 bits per heavy atom. The highest BCUT2D eigenvalue weighted by Gasteiger charge is 2.21. The lowest BCUT2D eigenvalue weighted by atomic mass is 10.0. The molecule has 194 valence electrons. The first-order valence-electron chi connectivity index (χ1n) is 12.9. The zero-order valence-electron chi connectivity index (χ0n) is 21.5. The standard InChI is InChI=1S/C32H32N2O3S/c1-2-3-13-29(30(35)21-33-31(36)25-10-5-4-6-11-25)34-32(37)26-16-18-28(19-17-26)38-22-23-14-15-24-9-7-8-12-27(24)20-23/h4-12,14-20,29H,2-3,13,21-22H2,1H3,(H,33,36)(H,34,37). The van der Waals surface area contributed by atoms with Crippen LogP contribution in [-0.4, -0.2) is 30.2 Å². The van der Waals surface area contributed by atoms with Crippen LogP contribution in [0.3, 0.4) is 0 Å². The number of nitrogens with one attached hydrogen (secondary N) is 2. The van der Waals surface area contributed by atoms with Gasteiger partial charge in [-0.1, -0.05) is 80.4 Å². The fraction of sp³-hybridized carbons (Fsp3) is 0.219. The van der Waals surface area contributed by atoms with E-state index in [0.717, 1.165) is 23.5 Å². The van der Waals surface area contributed by atoms with Crippen molar-refractivity contribution in [2.75, 3.05) is 6.54 Å². The van der Waals surface area contributed by atoms with Crippen LogP contribution >= 0.6 is 11.8 Å². The van der Waals surface area contributed by atoms with E-state index in [1.165, 1.54) is 16.3 Å². The van der Waals surface area contributed by atoms with Crippen LogP contribution in [-0.2, 0) is 10.5 Å². The lowest BCUT2D eigenvalue weighted by Crippen LogP contribution is -2.45. The highest BCUT2D eigenvalue weighted by atomic mass is 32.2. The summed E-state index contributed by atoms with van der Waals surface area (Å²) in [5.41, 5.74) is 2.24. The molecule has 0 saturated carbocycles. The van der Waals surface area contributed by atoms with Gasteiger partial charge < -0.3 is 10.6 Å². The van der Waals surface area contributed by atoms with Crippen LogP contribution in [0.15, 0.2) is 102 Å². The first kappa shape index (κ1) is 27.1. The molecule has 0 fully saturated rings. The summed E-state index contributed by atoms with van der Waals surface area (Å²) >= 11 is 1.71. The molecule has 4 aromatic carbocycles. The minimum atomic E-state index is -0.652. The van der Waals surface area contributed by atoms with Crippen molar-refractivity contribution in [3.8, 4) is 0 Å². The SMILES string of the molecule is CCCCC(NC(=O)c1ccc(SCc2ccc3ccccc3c2)cc1)C(=O)CNC(=O)c1ccccc1. The maximum absolute atomic E-state index is 12.9. The highest BCUT2D eigenvalue weighted by Crippen LogP contribution is 2.25. The van der Waals surface area contributed by atoms with Gasteiger partial charge in [-0.3, -0.25) is 14.4 Å². The highest BCUT2D eigenvalue weighted by molar-refractivity contribution is 7.98. The molecule has 0 bridgehead atoms. The number of thioether (sulfide) groups is 1. The summed E-state index contributed by atoms with van der Waals surface area (Å²) in [6.45, 7) is 1.90. The Morgan fingerprint density at radius 2 is 1.45 bits per heavy atom. The molecule has 0 aromatic heterocycles. The Bertz CT molecular complexity index is 1390. The lowest BCUT2D eigenvalue weighted by Gasteiger charge is -2.18. The van der Waals surface area contributed by atoms with Gasteiger partial charge in [-0.2, -0.15) is 0 Å². The van der Waals surface area contributed by atoms with E-state index in [1.807, 2.05) is 37.3 Å². The molecule has 4 rings (SSSR count). The van der Waals surface area contributed by atoms with Crippen molar-refractivity contribution in [3.05, 3.63) is 114 Å². The fourth-order valence-corrected chi connectivity index (χ4v) is 4.98. The number of ketones is 1. The third-order valence-electron chi connectivity index (χ3n) is 6.34. The van der Waals surface area contributed by atoms with Gasteiger partial charge in [0.1, 0.15) is 0 Å². The number of hydrogen-bond acceptors (Lipinski definition) is 4. The average molecular weight is 525 g/mol. The summed E-state index contributed by atoms with van der Waals surface area (Å²) in [4.78, 5) is 39.2. The molecule has 1 unspecified atom stereocenters. The summed E-state index contributed by atoms with van der Waals surface area (Å²) in [5.74, 6) is 0.0217. The number of Topliss-reactive ketones (excluding diaryl/α,β-unsaturated/α-hetero) is 1. The van der Waals surface area contributed by atoms with Gasteiger partial charge >= 0.3 is 0 Å². The van der Waals surface area contributed by atoms with E-state index in [9.17, 15) is 14.4 Å². The van der Waals surface area contributed by atoms with Crippen LogP contribution in [0.1, 0.15) is 52.5 Å². The number of amides is 2. The van der Waals surface area contributed by atoms with Crippen LogP contribution in [0.2, 0.25) is 0 Å². The Labute approximate surface area is 228 Å². The van der Waals surface area contributed by atoms with Gasteiger partial charge in [0.05, 0.1) is 12.6 Å². The van der Waals surface area contributed by atoms with E-state index in [1.54, 1.807) is 48.2 Å². The summed E-state index contributed by atoms with van der Waals surface area (Å²) in [5, 5.41) is 8.00. The van der Waals surface area contributed by atoms with Gasteiger partial charge in [-0.05, 0) is 59.2 Å². The van der Waals surface area contributed by atoms with Crippen LogP contribution < -0.4 is 10.6 Å². The molecule has 0 heterocycles. The summed E-state index contributed by atoms with van der Waals surface area (Å²) < 4.78 is 0. The second kappa shape index (κ2) is 13.6. The second-order valence-corrected chi connectivity index (χ2v) is 10.2. The first-order valence-corrected chi connectivity index (χ1v) is 13.9. The molecular formula is C32H32N2O3S. The molecule has 0 saturated heterocycles. The van der Waals surface area contributed by atoms with Gasteiger partial charge in [-0.25, -0.2) is 0 Å². The van der Waals surface area contributed by atoms with Crippen molar-refractivity contribution < 1.29 is 14.4 Å². The van der Waals surface area contributed by atoms with E-state index < -0.39 is 6.04 Å². The van der Waals surface area contributed by atoms with E-state index in [0.29, 0.717) is 17.5 Å². The third kappa shape index (κ3) is 7.56. The predicted molar refractivity (Wildman–Crippen MR) is 155 cm³/mol. The number of hydrogen-bond donors (Lipinski definition) is 2. The average Bonchev–Trinajstić information content (AvgIpc) is 2.97. The maximum Gasteiger partial charge on any atom is 0.251 e. The second-order valence-electron chi connectivity index (χ2n) is 9.18. The summed E-state index contributed by atoms with van der Waals surface area (Å²) in [6, 6.07) is 30.4. The molecule has 1 atom stereocenters. The number of fused-ring (bicyclic) bond motifs is 1. The number of carbonyl (C=O) groups is 3. The molecule has 2 amide bonds. The lowest BCUT2D eigenvalue weighted by molar-refractivity contribution is -0.120. The van der Waals surface area contributed by atoms with Crippen molar-refractivity contribution in [1.29, 1.82) is 0 Å². The van der Waals surface area contributed by atoms with Crippen molar-refractivity contribution in [2.24, 2.45) is 0 Å². The monoisotopic (exact) mass is 524 g/mol. The molecule has 6 heteroatoms. The molecule has 0 aliphatic rings. The molecule has 0 aliphatic carbocycles. The van der Waals surface area contributed by atoms with Crippen molar-refractivity contribution in [3.63, 3.8) is 0 Å². The van der Waals surface area contributed by atoms with Crippen molar-refractivity contribution in [1.82, 2.24) is 10.6 Å². The summed E-state index contributed by atoms with van der Waals surface area (Å²) in [6.07, 6.45) is 2.23. The Balaban J connectivity index is 1.32. The van der Waals surface area contributed by atoms with E-state index >= 15 is 0 Å². The maximum atomic E-state index is 12.9. The van der Waals surface area contributed by atoms with Crippen LogP contribution in [0.25, 0.3) is 10.8 Å². The van der Waals surface area contributed by atoms with Gasteiger partial charge in [0, 0.05) is 21.8 Å². The van der Waals surface area contributed by atoms with Crippen LogP contribution in [0.4, 0.5) is 0 Å². The molecule has 5 nitrogen and oxygen atoms in total. The minimum absolute atomic E-state index is 0.132. The first-order chi connectivity index (χ1) is 18.5. The third-order valence-corrected chi connectivity index (χ3v) is 7.42. The number of benzene rings is 4. The quantitative estimate of drug-likeness (QED) is 0.210. The number of rotatable bonds is 12. The Morgan fingerprint density at radius 1 is 0.763 bits per heavy atom. The zero-order chi connectivity index (χ0) is 26.7. The molecule has 0 radical (unpaired) electrons. The molecule has 0 aliphatic heterocycles. The van der Waals surface area contributed by atoms with Crippen LogP contribution in [0.5, 0.6) is 0 Å². The van der Waals surface area contributed by atoms with Gasteiger partial charge in [0.15, 0.2) is 5.78 Å². The van der Waals surface area contributed by atoms with Gasteiger partial charge in [0.25, 0.3) is 11.8 Å². The molecular weight excluding hydrogens is 492 g/mol. The molecule has 0 spiro atoms. The topological polar surface area (TPSA) is 75.3 Å². The van der Waals surface area contributed by atoms with Crippen molar-refractivity contribution >= 4 is 40.1 Å². The minimum Gasteiger partial charge on any atom is -0.345 e. The Kier molecular flexibility index (Phi) is 9.71. The van der Waals surface area contributed by atoms with Gasteiger partial charge in [0.2, 0.25) is 0 Å². The fourth-order valence-electron chi connectivity index (χ4n) is 4.14. The normalized spacial score (nSPS) is 11.6. The molecule has 4 aromatic rings. The molecule has 2 N–H and O–H groups in total. The summed E-state index contributed by atoms with van der Waals surface area (Å²) in [7, 11) is 0. The Hall–Kier alpha value is -3.90. The zero-order valence-corrected chi connectivity index (χ0v) is 22.3. The van der Waals surface area contributed by atoms with E-state index in [-0.39, 0.29) is 24.1 Å². The number of carbonyl (C=O) groups excluding carboxylic acids is 3.